The van der Waals surface area contributed by atoms with Crippen molar-refractivity contribution in [2.24, 2.45) is 0 Å². The van der Waals surface area contributed by atoms with E-state index in [9.17, 15) is 9.59 Å². The second-order valence-electron chi connectivity index (χ2n) is 7.41. The third-order valence-corrected chi connectivity index (χ3v) is 6.07. The third-order valence-electron chi connectivity index (χ3n) is 4.96. The highest BCUT2D eigenvalue weighted by Crippen LogP contribution is 2.22. The molecule has 1 saturated heterocycles. The number of likely N-dealkylation sites (tertiary alicyclic amines) is 1. The van der Waals surface area contributed by atoms with Gasteiger partial charge in [0.15, 0.2) is 6.10 Å². The first-order valence-electron chi connectivity index (χ1n) is 10.1. The first-order chi connectivity index (χ1) is 13.9. The number of esters is 1. The maximum absolute atomic E-state index is 12.6. The summed E-state index contributed by atoms with van der Waals surface area (Å²) < 4.78 is 11.2. The van der Waals surface area contributed by atoms with Crippen LogP contribution in [0.1, 0.15) is 58.5 Å². The number of hydrogen-bond acceptors (Lipinski definition) is 6. The molecule has 1 fully saturated rings. The van der Waals surface area contributed by atoms with Gasteiger partial charge >= 0.3 is 5.97 Å². The Bertz CT molecular complexity index is 839. The van der Waals surface area contributed by atoms with Gasteiger partial charge in [0.2, 0.25) is 0 Å². The largest absolute Gasteiger partial charge is 0.486 e. The number of carbonyl (C=O) groups excluding carboxylic acids is 2. The summed E-state index contributed by atoms with van der Waals surface area (Å²) in [4.78, 5) is 31.8. The lowest BCUT2D eigenvalue weighted by Gasteiger charge is -2.23. The highest BCUT2D eigenvalue weighted by molar-refractivity contribution is 7.13. The lowest BCUT2D eigenvalue weighted by Crippen LogP contribution is -2.40. The Hall–Kier alpha value is -2.41. The summed E-state index contributed by atoms with van der Waals surface area (Å²) >= 11 is 1.25. The SMILES string of the molecule is Cc1ccc(OCc2nc(C)c(C(=O)O[C@H](C)C(=O)N3CCCCCC3)s2)cc1. The van der Waals surface area contributed by atoms with E-state index in [0.717, 1.165) is 50.1 Å². The normalized spacial score (nSPS) is 15.5. The van der Waals surface area contributed by atoms with Crippen molar-refractivity contribution in [2.75, 3.05) is 13.1 Å². The van der Waals surface area contributed by atoms with Gasteiger partial charge in [0.05, 0.1) is 5.69 Å². The van der Waals surface area contributed by atoms with Crippen LogP contribution in [0.15, 0.2) is 24.3 Å². The van der Waals surface area contributed by atoms with Gasteiger partial charge < -0.3 is 14.4 Å². The molecule has 0 saturated carbocycles. The highest BCUT2D eigenvalue weighted by atomic mass is 32.1. The molecule has 0 aliphatic carbocycles. The summed E-state index contributed by atoms with van der Waals surface area (Å²) in [5, 5.41) is 0.696. The van der Waals surface area contributed by atoms with Gasteiger partial charge in [-0.2, -0.15) is 0 Å². The van der Waals surface area contributed by atoms with Crippen molar-refractivity contribution in [2.45, 2.75) is 59.2 Å². The molecule has 2 aromatic rings. The van der Waals surface area contributed by atoms with E-state index in [-0.39, 0.29) is 12.5 Å². The third kappa shape index (κ3) is 5.79. The fourth-order valence-electron chi connectivity index (χ4n) is 3.30. The smallest absolute Gasteiger partial charge is 0.351 e. The van der Waals surface area contributed by atoms with E-state index in [0.29, 0.717) is 15.6 Å². The van der Waals surface area contributed by atoms with E-state index in [1.807, 2.05) is 36.1 Å². The molecule has 156 valence electrons. The van der Waals surface area contributed by atoms with Crippen molar-refractivity contribution >= 4 is 23.2 Å². The summed E-state index contributed by atoms with van der Waals surface area (Å²) in [6, 6.07) is 7.77. The van der Waals surface area contributed by atoms with E-state index >= 15 is 0 Å². The van der Waals surface area contributed by atoms with Crippen molar-refractivity contribution < 1.29 is 19.1 Å². The number of hydrogen-bond donors (Lipinski definition) is 0. The van der Waals surface area contributed by atoms with Gasteiger partial charge in [-0.25, -0.2) is 9.78 Å². The molecule has 1 aliphatic heterocycles. The highest BCUT2D eigenvalue weighted by Gasteiger charge is 2.26. The van der Waals surface area contributed by atoms with Gasteiger partial charge in [-0.3, -0.25) is 4.79 Å². The predicted molar refractivity (Wildman–Crippen MR) is 112 cm³/mol. The van der Waals surface area contributed by atoms with Crippen molar-refractivity contribution in [3.8, 4) is 5.75 Å². The van der Waals surface area contributed by atoms with Crippen molar-refractivity contribution in [1.82, 2.24) is 9.88 Å². The molecule has 1 aromatic heterocycles. The number of carbonyl (C=O) groups is 2. The summed E-state index contributed by atoms with van der Waals surface area (Å²) in [5.41, 5.74) is 1.76. The second kappa shape index (κ2) is 9.87. The molecule has 0 N–H and O–H groups in total. The fourth-order valence-corrected chi connectivity index (χ4v) is 4.16. The molecule has 6 nitrogen and oxygen atoms in total. The summed E-state index contributed by atoms with van der Waals surface area (Å²) in [6.45, 7) is 7.18. The Kier molecular flexibility index (Phi) is 7.25. The molecule has 7 heteroatoms. The topological polar surface area (TPSA) is 68.7 Å². The van der Waals surface area contributed by atoms with Crippen LogP contribution < -0.4 is 4.74 Å². The van der Waals surface area contributed by atoms with Crippen LogP contribution in [-0.2, 0) is 16.1 Å². The van der Waals surface area contributed by atoms with Crippen molar-refractivity contribution in [3.63, 3.8) is 0 Å². The van der Waals surface area contributed by atoms with Gasteiger partial charge in [0, 0.05) is 13.1 Å². The van der Waals surface area contributed by atoms with E-state index in [2.05, 4.69) is 4.98 Å². The number of aromatic nitrogens is 1. The zero-order valence-electron chi connectivity index (χ0n) is 17.3. The monoisotopic (exact) mass is 416 g/mol. The average Bonchev–Trinajstić information content (AvgIpc) is 2.90. The van der Waals surface area contributed by atoms with Crippen LogP contribution in [0.4, 0.5) is 0 Å². The lowest BCUT2D eigenvalue weighted by atomic mass is 10.2. The van der Waals surface area contributed by atoms with E-state index < -0.39 is 12.1 Å². The molecule has 0 bridgehead atoms. The number of ether oxygens (including phenoxy) is 2. The number of amides is 1. The van der Waals surface area contributed by atoms with Crippen molar-refractivity contribution in [1.29, 1.82) is 0 Å². The molecule has 1 atom stereocenters. The number of rotatable bonds is 6. The number of thiazole rings is 1. The molecule has 3 rings (SSSR count). The molecule has 1 aliphatic rings. The zero-order valence-corrected chi connectivity index (χ0v) is 18.1. The molecule has 1 amide bonds. The Balaban J connectivity index is 1.57. The summed E-state index contributed by atoms with van der Waals surface area (Å²) in [7, 11) is 0. The first-order valence-corrected chi connectivity index (χ1v) is 10.9. The van der Waals surface area contributed by atoms with Crippen LogP contribution in [0.2, 0.25) is 0 Å². The Labute approximate surface area is 175 Å². The van der Waals surface area contributed by atoms with Gasteiger partial charge in [-0.1, -0.05) is 30.5 Å². The Morgan fingerprint density at radius 2 is 1.76 bits per heavy atom. The quantitative estimate of drug-likeness (QED) is 0.657. The number of nitrogens with zero attached hydrogens (tertiary/aromatic N) is 2. The number of aryl methyl sites for hydroxylation is 2. The fraction of sp³-hybridized carbons (Fsp3) is 0.500. The van der Waals surface area contributed by atoms with Gasteiger partial charge in [0.1, 0.15) is 22.2 Å². The molecular weight excluding hydrogens is 388 g/mol. The second-order valence-corrected chi connectivity index (χ2v) is 8.49. The Morgan fingerprint density at radius 1 is 1.10 bits per heavy atom. The van der Waals surface area contributed by atoms with Crippen LogP contribution in [0.5, 0.6) is 5.75 Å². The van der Waals surface area contributed by atoms with Crippen LogP contribution in [0.25, 0.3) is 0 Å². The van der Waals surface area contributed by atoms with Gasteiger partial charge in [-0.15, -0.1) is 11.3 Å². The van der Waals surface area contributed by atoms with Crippen LogP contribution in [-0.4, -0.2) is 41.0 Å². The molecular formula is C22H28N2O4S. The molecule has 29 heavy (non-hydrogen) atoms. The first kappa shape index (κ1) is 21.3. The Morgan fingerprint density at radius 3 is 2.41 bits per heavy atom. The van der Waals surface area contributed by atoms with Gasteiger partial charge in [-0.05, 0) is 45.7 Å². The minimum Gasteiger partial charge on any atom is -0.486 e. The summed E-state index contributed by atoms with van der Waals surface area (Å²) in [5.74, 6) is 0.131. The minimum absolute atomic E-state index is 0.120. The van der Waals surface area contributed by atoms with Crippen LogP contribution >= 0.6 is 11.3 Å². The maximum atomic E-state index is 12.6. The van der Waals surface area contributed by atoms with Crippen LogP contribution in [0, 0.1) is 13.8 Å². The minimum atomic E-state index is -0.797. The zero-order chi connectivity index (χ0) is 20.8. The van der Waals surface area contributed by atoms with Gasteiger partial charge in [0.25, 0.3) is 5.91 Å². The standard InChI is InChI=1S/C22H28N2O4S/c1-15-8-10-18(11-9-15)27-14-19-23-16(2)20(29-19)22(26)28-17(3)21(25)24-12-6-4-5-7-13-24/h8-11,17H,4-7,12-14H2,1-3H3/t17-/m1/s1. The lowest BCUT2D eigenvalue weighted by molar-refractivity contribution is -0.139. The molecule has 1 aromatic carbocycles. The molecule has 0 unspecified atom stereocenters. The van der Waals surface area contributed by atoms with Crippen molar-refractivity contribution in [3.05, 3.63) is 45.4 Å². The molecule has 2 heterocycles. The average molecular weight is 417 g/mol. The van der Waals surface area contributed by atoms with E-state index in [1.54, 1.807) is 13.8 Å². The summed E-state index contributed by atoms with van der Waals surface area (Å²) in [6.07, 6.45) is 3.50. The molecule has 0 radical (unpaired) electrons. The predicted octanol–water partition coefficient (Wildman–Crippen LogP) is 4.29. The molecule has 0 spiro atoms. The number of benzene rings is 1. The van der Waals surface area contributed by atoms with Crippen LogP contribution in [0.3, 0.4) is 0 Å². The maximum Gasteiger partial charge on any atom is 0.351 e. The van der Waals surface area contributed by atoms with E-state index in [1.165, 1.54) is 11.3 Å². The van der Waals surface area contributed by atoms with E-state index in [4.69, 9.17) is 9.47 Å².